The zero-order chi connectivity index (χ0) is 29.2. The van der Waals surface area contributed by atoms with Crippen molar-refractivity contribution in [1.82, 2.24) is 0 Å². The summed E-state index contributed by atoms with van der Waals surface area (Å²) >= 11 is 0. The van der Waals surface area contributed by atoms with Gasteiger partial charge in [-0.05, 0) is 12.8 Å². The number of rotatable bonds is 25. The number of hydrogen-bond donors (Lipinski definition) is 5. The Morgan fingerprint density at radius 1 is 0.605 bits per heavy atom. The molecular weight excluding hydrogens is 520 g/mol. The molecule has 0 amide bonds. The lowest BCUT2D eigenvalue weighted by molar-refractivity contribution is -0.160. The zero-order valence-corrected chi connectivity index (χ0v) is 23.3. The van der Waals surface area contributed by atoms with E-state index in [1.807, 2.05) is 0 Å². The molecule has 0 radical (unpaired) electrons. The van der Waals surface area contributed by atoms with Crippen LogP contribution < -0.4 is 0 Å². The van der Waals surface area contributed by atoms with Gasteiger partial charge in [0.2, 0.25) is 4.75 Å². The molecule has 5 N–H and O–H groups in total. The van der Waals surface area contributed by atoms with E-state index >= 15 is 0 Å². The normalized spacial score (nSPS) is 14.2. The Balaban J connectivity index is 4.71. The molecule has 2 unspecified atom stereocenters. The van der Waals surface area contributed by atoms with Crippen molar-refractivity contribution in [3.8, 4) is 0 Å². The summed E-state index contributed by atoms with van der Waals surface area (Å²) in [5, 5.41) is 37.4. The predicted octanol–water partition coefficient (Wildman–Crippen LogP) is 5.23. The molecule has 0 aromatic heterocycles. The van der Waals surface area contributed by atoms with Crippen LogP contribution in [0, 0.1) is 11.8 Å². The van der Waals surface area contributed by atoms with Crippen LogP contribution in [0.2, 0.25) is 0 Å². The zero-order valence-electron chi connectivity index (χ0n) is 22.5. The van der Waals surface area contributed by atoms with Crippen LogP contribution >= 0.6 is 0 Å². The molecule has 0 bridgehead atoms. The molecule has 0 spiro atoms. The van der Waals surface area contributed by atoms with E-state index in [9.17, 15) is 42.4 Å². The summed E-state index contributed by atoms with van der Waals surface area (Å²) in [7, 11) is -5.55. The van der Waals surface area contributed by atoms with E-state index < -0.39 is 63.4 Å². The van der Waals surface area contributed by atoms with E-state index in [1.165, 1.54) is 57.8 Å². The summed E-state index contributed by atoms with van der Waals surface area (Å²) < 4.78 is 30.8. The first-order chi connectivity index (χ1) is 17.8. The standard InChI is InChI=1S/C26H46O11S/c1-2-3-4-5-6-7-8-9-10-11-12-13-14-15-16-17-18-26(25(33)34,38(35,36)37)21(24(31)32)19-20(22(27)28)23(29)30/h20-21H,2-19H2,1H3,(H,27,28)(H,29,30)(H,31,32)(H,33,34)(H,35,36,37). The van der Waals surface area contributed by atoms with Crippen molar-refractivity contribution in [3.63, 3.8) is 0 Å². The van der Waals surface area contributed by atoms with Crippen LogP contribution in [0.4, 0.5) is 0 Å². The lowest BCUT2D eigenvalue weighted by Crippen LogP contribution is -2.56. The summed E-state index contributed by atoms with van der Waals surface area (Å²) in [6.07, 6.45) is 14.2. The fourth-order valence-corrected chi connectivity index (χ4v) is 6.00. The van der Waals surface area contributed by atoms with E-state index in [1.54, 1.807) is 0 Å². The molecule has 0 rings (SSSR count). The molecule has 0 aliphatic carbocycles. The third kappa shape index (κ3) is 12.6. The molecule has 222 valence electrons. The predicted molar refractivity (Wildman–Crippen MR) is 141 cm³/mol. The molecule has 0 aliphatic rings. The minimum atomic E-state index is -5.55. The molecule has 0 fully saturated rings. The van der Waals surface area contributed by atoms with Gasteiger partial charge >= 0.3 is 23.9 Å². The van der Waals surface area contributed by atoms with E-state index in [0.717, 1.165) is 25.7 Å². The van der Waals surface area contributed by atoms with Crippen LogP contribution in [0.3, 0.4) is 0 Å². The molecule has 11 nitrogen and oxygen atoms in total. The van der Waals surface area contributed by atoms with Crippen LogP contribution in [0.15, 0.2) is 0 Å². The largest absolute Gasteiger partial charge is 0.481 e. The number of carboxylic acid groups (broad SMARTS) is 4. The van der Waals surface area contributed by atoms with Crippen LogP contribution in [0.1, 0.15) is 122 Å². The number of aliphatic carboxylic acids is 4. The van der Waals surface area contributed by atoms with Gasteiger partial charge in [-0.15, -0.1) is 0 Å². The summed E-state index contributed by atoms with van der Waals surface area (Å²) in [5.74, 6) is -12.9. The Hall–Kier alpha value is -2.21. The van der Waals surface area contributed by atoms with Crippen molar-refractivity contribution < 1.29 is 52.6 Å². The number of hydrogen-bond acceptors (Lipinski definition) is 6. The lowest BCUT2D eigenvalue weighted by atomic mass is 9.80. The first-order valence-corrected chi connectivity index (χ1v) is 15.2. The summed E-state index contributed by atoms with van der Waals surface area (Å²) in [5.41, 5.74) is 0. The van der Waals surface area contributed by atoms with Crippen LogP contribution in [0.25, 0.3) is 0 Å². The minimum absolute atomic E-state index is 0.0566. The molecule has 0 saturated carbocycles. The monoisotopic (exact) mass is 566 g/mol. The van der Waals surface area contributed by atoms with E-state index in [0.29, 0.717) is 12.8 Å². The topological polar surface area (TPSA) is 204 Å². The van der Waals surface area contributed by atoms with Crippen LogP contribution in [0.5, 0.6) is 0 Å². The van der Waals surface area contributed by atoms with Crippen LogP contribution in [-0.2, 0) is 29.3 Å². The van der Waals surface area contributed by atoms with Gasteiger partial charge in [-0.3, -0.25) is 23.7 Å². The van der Waals surface area contributed by atoms with Crippen molar-refractivity contribution in [3.05, 3.63) is 0 Å². The highest BCUT2D eigenvalue weighted by atomic mass is 32.2. The Labute approximate surface area is 225 Å². The van der Waals surface area contributed by atoms with Gasteiger partial charge in [0.15, 0.2) is 5.92 Å². The number of unbranched alkanes of at least 4 members (excludes halogenated alkanes) is 15. The summed E-state index contributed by atoms with van der Waals surface area (Å²) in [6, 6.07) is 0. The molecule has 38 heavy (non-hydrogen) atoms. The average Bonchev–Trinajstić information content (AvgIpc) is 2.80. The Morgan fingerprint density at radius 2 is 0.947 bits per heavy atom. The Morgan fingerprint density at radius 3 is 1.21 bits per heavy atom. The van der Waals surface area contributed by atoms with Gasteiger partial charge in [-0.2, -0.15) is 8.42 Å². The molecule has 0 saturated heterocycles. The number of carbonyl (C=O) groups is 4. The Kier molecular flexibility index (Phi) is 17.8. The van der Waals surface area contributed by atoms with Gasteiger partial charge in [0, 0.05) is 0 Å². The Bertz CT molecular complexity index is 826. The minimum Gasteiger partial charge on any atom is -0.481 e. The third-order valence-corrected chi connectivity index (χ3v) is 8.74. The maximum absolute atomic E-state index is 12.2. The second kappa shape index (κ2) is 18.9. The van der Waals surface area contributed by atoms with Crippen molar-refractivity contribution in [1.29, 1.82) is 0 Å². The van der Waals surface area contributed by atoms with Crippen LogP contribution in [-0.4, -0.2) is 62.0 Å². The van der Waals surface area contributed by atoms with Crippen molar-refractivity contribution in [2.45, 2.75) is 127 Å². The van der Waals surface area contributed by atoms with Crippen molar-refractivity contribution >= 4 is 34.0 Å². The van der Waals surface area contributed by atoms with E-state index in [2.05, 4.69) is 6.92 Å². The quantitative estimate of drug-likeness (QED) is 0.0550. The van der Waals surface area contributed by atoms with Crippen molar-refractivity contribution in [2.75, 3.05) is 0 Å². The SMILES string of the molecule is CCCCCCCCCCCCCCCCCCC(C(=O)O)(C(CC(C(=O)O)C(=O)O)C(=O)O)S(=O)(=O)O. The first kappa shape index (κ1) is 35.8. The molecule has 0 aliphatic heterocycles. The number of carboxylic acids is 4. The molecule has 2 atom stereocenters. The molecular formula is C26H46O11S. The third-order valence-electron chi connectivity index (χ3n) is 7.15. The van der Waals surface area contributed by atoms with Gasteiger partial charge in [0.05, 0.1) is 5.92 Å². The maximum Gasteiger partial charge on any atom is 0.328 e. The lowest BCUT2D eigenvalue weighted by Gasteiger charge is -2.32. The first-order valence-electron chi connectivity index (χ1n) is 13.7. The highest BCUT2D eigenvalue weighted by molar-refractivity contribution is 7.88. The molecule has 0 aromatic carbocycles. The molecule has 0 heterocycles. The van der Waals surface area contributed by atoms with Gasteiger partial charge in [0.25, 0.3) is 10.1 Å². The molecule has 0 aromatic rings. The maximum atomic E-state index is 12.2. The van der Waals surface area contributed by atoms with Gasteiger partial charge in [0.1, 0.15) is 0 Å². The second-order valence-corrected chi connectivity index (χ2v) is 11.8. The van der Waals surface area contributed by atoms with Gasteiger partial charge < -0.3 is 20.4 Å². The second-order valence-electron chi connectivity index (χ2n) is 10.1. The van der Waals surface area contributed by atoms with Crippen molar-refractivity contribution in [2.24, 2.45) is 11.8 Å². The highest BCUT2D eigenvalue weighted by Crippen LogP contribution is 2.37. The van der Waals surface area contributed by atoms with E-state index in [4.69, 9.17) is 10.2 Å². The highest BCUT2D eigenvalue weighted by Gasteiger charge is 2.60. The summed E-state index contributed by atoms with van der Waals surface area (Å²) in [6.45, 7) is 2.21. The smallest absolute Gasteiger partial charge is 0.328 e. The van der Waals surface area contributed by atoms with Gasteiger partial charge in [-0.1, -0.05) is 110 Å². The summed E-state index contributed by atoms with van der Waals surface area (Å²) in [4.78, 5) is 46.3. The fourth-order valence-electron chi connectivity index (χ4n) is 4.82. The fraction of sp³-hybridized carbons (Fsp3) is 0.846. The van der Waals surface area contributed by atoms with Gasteiger partial charge in [-0.25, -0.2) is 0 Å². The average molecular weight is 567 g/mol. The molecule has 12 heteroatoms. The van der Waals surface area contributed by atoms with E-state index in [-0.39, 0.29) is 6.42 Å².